The summed E-state index contributed by atoms with van der Waals surface area (Å²) < 4.78 is 40.8. The molecule has 0 fully saturated rings. The van der Waals surface area contributed by atoms with Gasteiger partial charge in [0.25, 0.3) is 5.91 Å². The number of pyridine rings is 1. The van der Waals surface area contributed by atoms with Crippen molar-refractivity contribution < 1.29 is 22.7 Å². The number of halogens is 3. The maximum absolute atomic E-state index is 12.1. The second-order valence-corrected chi connectivity index (χ2v) is 5.26. The Balaban J connectivity index is 2.01. The topological polar surface area (TPSA) is 64.1 Å². The molecule has 1 atom stereocenters. The van der Waals surface area contributed by atoms with E-state index in [-0.39, 0.29) is 17.6 Å². The van der Waals surface area contributed by atoms with Crippen molar-refractivity contribution in [3.63, 3.8) is 0 Å². The molecule has 2 heterocycles. The SMILES string of the molecule is CC(NC(=O)c1cccc(OCC(F)(F)F)n1)c1nccs1. The van der Waals surface area contributed by atoms with E-state index >= 15 is 0 Å². The van der Waals surface area contributed by atoms with Gasteiger partial charge in [-0.2, -0.15) is 13.2 Å². The van der Waals surface area contributed by atoms with Gasteiger partial charge >= 0.3 is 6.18 Å². The molecule has 0 radical (unpaired) electrons. The molecule has 2 aromatic heterocycles. The molecule has 5 nitrogen and oxygen atoms in total. The summed E-state index contributed by atoms with van der Waals surface area (Å²) in [7, 11) is 0. The molecule has 0 aliphatic rings. The van der Waals surface area contributed by atoms with Crippen LogP contribution in [0.5, 0.6) is 5.88 Å². The average Bonchev–Trinajstić information content (AvgIpc) is 2.99. The van der Waals surface area contributed by atoms with Crippen LogP contribution in [0.15, 0.2) is 29.8 Å². The van der Waals surface area contributed by atoms with E-state index in [0.717, 1.165) is 5.01 Å². The number of carbonyl (C=O) groups excluding carboxylic acids is 1. The summed E-state index contributed by atoms with van der Waals surface area (Å²) in [6.07, 6.45) is -2.84. The Hall–Kier alpha value is -2.16. The molecule has 118 valence electrons. The standard InChI is InChI=1S/C13H12F3N3O2S/c1-8(12-17-5-6-22-12)18-11(20)9-3-2-4-10(19-9)21-7-13(14,15)16/h2-6,8H,7H2,1H3,(H,18,20). The maximum Gasteiger partial charge on any atom is 0.422 e. The summed E-state index contributed by atoms with van der Waals surface area (Å²) in [5, 5.41) is 5.17. The number of aromatic nitrogens is 2. The maximum atomic E-state index is 12.1. The van der Waals surface area contributed by atoms with Crippen molar-refractivity contribution in [2.45, 2.75) is 19.1 Å². The molecule has 22 heavy (non-hydrogen) atoms. The number of nitrogens with zero attached hydrogens (tertiary/aromatic N) is 2. The minimum atomic E-state index is -4.46. The van der Waals surface area contributed by atoms with Crippen LogP contribution in [0.2, 0.25) is 0 Å². The lowest BCUT2D eigenvalue weighted by Gasteiger charge is -2.12. The van der Waals surface area contributed by atoms with Gasteiger partial charge < -0.3 is 10.1 Å². The van der Waals surface area contributed by atoms with Crippen LogP contribution in [0, 0.1) is 0 Å². The monoisotopic (exact) mass is 331 g/mol. The number of thiazole rings is 1. The van der Waals surface area contributed by atoms with Gasteiger partial charge in [0.15, 0.2) is 6.61 Å². The summed E-state index contributed by atoms with van der Waals surface area (Å²) in [6.45, 7) is 0.293. The van der Waals surface area contributed by atoms with Crippen LogP contribution in [0.25, 0.3) is 0 Å². The third-order valence-corrected chi connectivity index (χ3v) is 3.47. The predicted molar refractivity (Wildman–Crippen MR) is 73.8 cm³/mol. The Labute approximate surface area is 128 Å². The molecule has 0 aromatic carbocycles. The van der Waals surface area contributed by atoms with E-state index < -0.39 is 18.7 Å². The van der Waals surface area contributed by atoms with Crippen LogP contribution in [-0.4, -0.2) is 28.7 Å². The highest BCUT2D eigenvalue weighted by molar-refractivity contribution is 7.09. The molecule has 9 heteroatoms. The fourth-order valence-electron chi connectivity index (χ4n) is 1.56. The van der Waals surface area contributed by atoms with Crippen LogP contribution < -0.4 is 10.1 Å². The lowest BCUT2D eigenvalue weighted by Crippen LogP contribution is -2.27. The second-order valence-electron chi connectivity index (χ2n) is 4.33. The van der Waals surface area contributed by atoms with Crippen molar-refractivity contribution >= 4 is 17.2 Å². The lowest BCUT2D eigenvalue weighted by molar-refractivity contribution is -0.154. The highest BCUT2D eigenvalue weighted by atomic mass is 32.1. The summed E-state index contributed by atoms with van der Waals surface area (Å²) in [5.41, 5.74) is -0.0249. The molecule has 0 aliphatic heterocycles. The molecular weight excluding hydrogens is 319 g/mol. The Morgan fingerprint density at radius 3 is 2.86 bits per heavy atom. The molecule has 0 saturated heterocycles. The largest absolute Gasteiger partial charge is 0.468 e. The normalized spacial score (nSPS) is 12.7. The number of carbonyl (C=O) groups is 1. The van der Waals surface area contributed by atoms with Gasteiger partial charge in [-0.15, -0.1) is 11.3 Å². The smallest absolute Gasteiger partial charge is 0.422 e. The Bertz CT molecular complexity index is 632. The van der Waals surface area contributed by atoms with Crippen LogP contribution in [0.1, 0.15) is 28.5 Å². The van der Waals surface area contributed by atoms with E-state index in [1.165, 1.54) is 29.5 Å². The number of amides is 1. The van der Waals surface area contributed by atoms with Crippen molar-refractivity contribution in [3.05, 3.63) is 40.5 Å². The van der Waals surface area contributed by atoms with E-state index in [1.54, 1.807) is 18.5 Å². The molecule has 1 N–H and O–H groups in total. The van der Waals surface area contributed by atoms with Crippen molar-refractivity contribution in [2.75, 3.05) is 6.61 Å². The van der Waals surface area contributed by atoms with Gasteiger partial charge in [0, 0.05) is 17.6 Å². The number of hydrogen-bond acceptors (Lipinski definition) is 5. The third-order valence-electron chi connectivity index (χ3n) is 2.51. The molecule has 0 spiro atoms. The second kappa shape index (κ2) is 6.73. The minimum absolute atomic E-state index is 0.0249. The van der Waals surface area contributed by atoms with E-state index in [9.17, 15) is 18.0 Å². The molecule has 2 rings (SSSR count). The van der Waals surface area contributed by atoms with Crippen molar-refractivity contribution in [3.8, 4) is 5.88 Å². The van der Waals surface area contributed by atoms with Crippen molar-refractivity contribution in [2.24, 2.45) is 0 Å². The van der Waals surface area contributed by atoms with Crippen molar-refractivity contribution in [1.82, 2.24) is 15.3 Å². The molecule has 2 aromatic rings. The number of hydrogen-bond donors (Lipinski definition) is 1. The van der Waals surface area contributed by atoms with Gasteiger partial charge in [0.05, 0.1) is 6.04 Å². The Morgan fingerprint density at radius 2 is 2.23 bits per heavy atom. The third kappa shape index (κ3) is 4.69. The van der Waals surface area contributed by atoms with Gasteiger partial charge in [0.2, 0.25) is 5.88 Å². The van der Waals surface area contributed by atoms with E-state index in [1.807, 2.05) is 0 Å². The Morgan fingerprint density at radius 1 is 1.45 bits per heavy atom. The fraction of sp³-hybridized carbons (Fsp3) is 0.308. The molecule has 1 amide bonds. The van der Waals surface area contributed by atoms with E-state index in [4.69, 9.17) is 0 Å². The first kappa shape index (κ1) is 16.2. The predicted octanol–water partition coefficient (Wildman–Crippen LogP) is 2.97. The van der Waals surface area contributed by atoms with Gasteiger partial charge in [-0.25, -0.2) is 9.97 Å². The molecule has 1 unspecified atom stereocenters. The van der Waals surface area contributed by atoms with Gasteiger partial charge in [-0.1, -0.05) is 6.07 Å². The molecule has 0 aliphatic carbocycles. The van der Waals surface area contributed by atoms with E-state index in [2.05, 4.69) is 20.0 Å². The van der Waals surface area contributed by atoms with Crippen molar-refractivity contribution in [1.29, 1.82) is 0 Å². The van der Waals surface area contributed by atoms with Crippen LogP contribution >= 0.6 is 11.3 Å². The van der Waals surface area contributed by atoms with Gasteiger partial charge in [-0.05, 0) is 13.0 Å². The summed E-state index contributed by atoms with van der Waals surface area (Å²) in [5.74, 6) is -0.771. The number of alkyl halides is 3. The van der Waals surface area contributed by atoms with Crippen LogP contribution in [0.3, 0.4) is 0 Å². The number of rotatable bonds is 5. The molecule has 0 bridgehead atoms. The first-order chi connectivity index (χ1) is 10.3. The zero-order valence-electron chi connectivity index (χ0n) is 11.4. The first-order valence-corrected chi connectivity index (χ1v) is 7.10. The number of nitrogens with one attached hydrogen (secondary N) is 1. The fourth-order valence-corrected chi connectivity index (χ4v) is 2.20. The lowest BCUT2D eigenvalue weighted by atomic mass is 10.3. The number of ether oxygens (including phenoxy) is 1. The zero-order valence-corrected chi connectivity index (χ0v) is 12.2. The summed E-state index contributed by atoms with van der Waals surface area (Å²) in [4.78, 5) is 19.9. The average molecular weight is 331 g/mol. The molecule has 0 saturated carbocycles. The highest BCUT2D eigenvalue weighted by Crippen LogP contribution is 2.18. The summed E-state index contributed by atoms with van der Waals surface area (Å²) in [6, 6.07) is 3.73. The van der Waals surface area contributed by atoms with E-state index in [0.29, 0.717) is 0 Å². The highest BCUT2D eigenvalue weighted by Gasteiger charge is 2.28. The quantitative estimate of drug-likeness (QED) is 0.915. The summed E-state index contributed by atoms with van der Waals surface area (Å²) >= 11 is 1.39. The Kier molecular flexibility index (Phi) is 4.96. The first-order valence-electron chi connectivity index (χ1n) is 6.22. The van der Waals surface area contributed by atoms with Gasteiger partial charge in [-0.3, -0.25) is 4.79 Å². The minimum Gasteiger partial charge on any atom is -0.468 e. The van der Waals surface area contributed by atoms with Crippen LogP contribution in [0.4, 0.5) is 13.2 Å². The molecular formula is C13H12F3N3O2S. The van der Waals surface area contributed by atoms with Gasteiger partial charge in [0.1, 0.15) is 10.7 Å². The van der Waals surface area contributed by atoms with Crippen LogP contribution in [-0.2, 0) is 0 Å². The zero-order chi connectivity index (χ0) is 16.2.